The summed E-state index contributed by atoms with van der Waals surface area (Å²) >= 11 is 3.53. The van der Waals surface area contributed by atoms with Gasteiger partial charge in [-0.25, -0.2) is 4.52 Å². The average Bonchev–Trinajstić information content (AvgIpc) is 3.07. The molecule has 2 unspecified atom stereocenters. The molecule has 0 radical (unpaired) electrons. The van der Waals surface area contributed by atoms with Crippen LogP contribution < -0.4 is 10.6 Å². The molecule has 20 heavy (non-hydrogen) atoms. The van der Waals surface area contributed by atoms with E-state index in [4.69, 9.17) is 5.73 Å². The van der Waals surface area contributed by atoms with Crippen LogP contribution in [0.25, 0.3) is 5.65 Å². The molecule has 0 saturated heterocycles. The van der Waals surface area contributed by atoms with Gasteiger partial charge in [-0.15, -0.1) is 5.10 Å². The van der Waals surface area contributed by atoms with Crippen LogP contribution in [0.3, 0.4) is 0 Å². The van der Waals surface area contributed by atoms with E-state index in [0.717, 1.165) is 29.2 Å². The highest BCUT2D eigenvalue weighted by molar-refractivity contribution is 9.10. The monoisotopic (exact) mass is 337 g/mol. The maximum Gasteiger partial charge on any atom is 0.245 e. The van der Waals surface area contributed by atoms with Crippen molar-refractivity contribution in [2.45, 2.75) is 32.2 Å². The summed E-state index contributed by atoms with van der Waals surface area (Å²) in [5, 5.41) is 4.62. The first-order chi connectivity index (χ1) is 9.74. The maximum atomic E-state index is 5.91. The molecule has 1 saturated carbocycles. The second-order valence-corrected chi connectivity index (χ2v) is 6.17. The van der Waals surface area contributed by atoms with Gasteiger partial charge in [-0.2, -0.15) is 4.98 Å². The second kappa shape index (κ2) is 5.69. The first-order valence-electron chi connectivity index (χ1n) is 7.22. The predicted octanol–water partition coefficient (Wildman–Crippen LogP) is 2.45. The molecular weight excluding hydrogens is 318 g/mol. The van der Waals surface area contributed by atoms with Crippen LogP contribution in [0.2, 0.25) is 0 Å². The van der Waals surface area contributed by atoms with Gasteiger partial charge in [0.1, 0.15) is 0 Å². The van der Waals surface area contributed by atoms with Crippen molar-refractivity contribution < 1.29 is 0 Å². The SMILES string of the molecule is CCN(c1nc2c(Br)cccn2n1)C1CCCC1CN. The average molecular weight is 338 g/mol. The Hall–Kier alpha value is -1.14. The van der Waals surface area contributed by atoms with E-state index >= 15 is 0 Å². The number of halogens is 1. The molecule has 2 aromatic heterocycles. The largest absolute Gasteiger partial charge is 0.336 e. The van der Waals surface area contributed by atoms with Crippen molar-refractivity contribution in [3.8, 4) is 0 Å². The lowest BCUT2D eigenvalue weighted by atomic mass is 10.0. The lowest BCUT2D eigenvalue weighted by Gasteiger charge is -2.30. The highest BCUT2D eigenvalue weighted by atomic mass is 79.9. The van der Waals surface area contributed by atoms with Crippen molar-refractivity contribution >= 4 is 27.5 Å². The molecule has 0 spiro atoms. The molecule has 1 aliphatic rings. The van der Waals surface area contributed by atoms with Gasteiger partial charge in [0.05, 0.1) is 4.47 Å². The Morgan fingerprint density at radius 2 is 2.35 bits per heavy atom. The van der Waals surface area contributed by atoms with Gasteiger partial charge in [-0.3, -0.25) is 0 Å². The minimum absolute atomic E-state index is 0.473. The number of pyridine rings is 1. The Kier molecular flexibility index (Phi) is 3.94. The van der Waals surface area contributed by atoms with Crippen LogP contribution in [-0.2, 0) is 0 Å². The fraction of sp³-hybridized carbons (Fsp3) is 0.571. The van der Waals surface area contributed by atoms with Crippen molar-refractivity contribution in [1.82, 2.24) is 14.6 Å². The molecule has 1 fully saturated rings. The molecule has 6 heteroatoms. The number of aromatic nitrogens is 3. The third-order valence-electron chi connectivity index (χ3n) is 4.22. The smallest absolute Gasteiger partial charge is 0.245 e. The van der Waals surface area contributed by atoms with Crippen LogP contribution in [0, 0.1) is 5.92 Å². The third kappa shape index (κ3) is 2.31. The van der Waals surface area contributed by atoms with Gasteiger partial charge in [0.25, 0.3) is 0 Å². The van der Waals surface area contributed by atoms with Gasteiger partial charge < -0.3 is 10.6 Å². The second-order valence-electron chi connectivity index (χ2n) is 5.32. The summed E-state index contributed by atoms with van der Waals surface area (Å²) in [6.07, 6.45) is 5.58. The lowest BCUT2D eigenvalue weighted by Crippen LogP contribution is -2.41. The minimum Gasteiger partial charge on any atom is -0.336 e. The zero-order valence-electron chi connectivity index (χ0n) is 11.7. The number of anilines is 1. The standard InChI is InChI=1S/C14H20BrN5/c1-2-19(12-7-3-5-10(12)9-16)14-17-13-11(15)6-4-8-20(13)18-14/h4,6,8,10,12H,2-3,5,7,9,16H2,1H3. The number of fused-ring (bicyclic) bond motifs is 1. The van der Waals surface area contributed by atoms with Gasteiger partial charge in [-0.1, -0.05) is 6.42 Å². The van der Waals surface area contributed by atoms with Gasteiger partial charge in [0.2, 0.25) is 5.95 Å². The van der Waals surface area contributed by atoms with Crippen LogP contribution in [0.5, 0.6) is 0 Å². The van der Waals surface area contributed by atoms with Gasteiger partial charge >= 0.3 is 0 Å². The molecule has 0 aromatic carbocycles. The Labute approximate surface area is 127 Å². The van der Waals surface area contributed by atoms with Crippen molar-refractivity contribution in [1.29, 1.82) is 0 Å². The Morgan fingerprint density at radius 1 is 1.50 bits per heavy atom. The van der Waals surface area contributed by atoms with Crippen LogP contribution in [-0.4, -0.2) is 33.7 Å². The fourth-order valence-corrected chi connectivity index (χ4v) is 3.63. The zero-order valence-corrected chi connectivity index (χ0v) is 13.3. The minimum atomic E-state index is 0.473. The highest BCUT2D eigenvalue weighted by Crippen LogP contribution is 2.31. The fourth-order valence-electron chi connectivity index (χ4n) is 3.21. The molecule has 5 nitrogen and oxygen atoms in total. The van der Waals surface area contributed by atoms with Crippen LogP contribution >= 0.6 is 15.9 Å². The normalized spacial score (nSPS) is 22.6. The van der Waals surface area contributed by atoms with E-state index in [-0.39, 0.29) is 0 Å². The van der Waals surface area contributed by atoms with Crippen LogP contribution in [0.15, 0.2) is 22.8 Å². The molecule has 2 heterocycles. The topological polar surface area (TPSA) is 59.5 Å². The van der Waals surface area contributed by atoms with E-state index in [1.807, 2.05) is 22.8 Å². The summed E-state index contributed by atoms with van der Waals surface area (Å²) in [5.74, 6) is 1.37. The summed E-state index contributed by atoms with van der Waals surface area (Å²) in [5.41, 5.74) is 6.78. The Morgan fingerprint density at radius 3 is 3.05 bits per heavy atom. The van der Waals surface area contributed by atoms with E-state index in [2.05, 4.69) is 37.8 Å². The number of hydrogen-bond donors (Lipinski definition) is 1. The molecule has 0 aliphatic heterocycles. The van der Waals surface area contributed by atoms with E-state index in [1.54, 1.807) is 0 Å². The summed E-state index contributed by atoms with van der Waals surface area (Å²) in [6, 6.07) is 4.42. The molecule has 1 aliphatic carbocycles. The Bertz CT molecular complexity index is 596. The first-order valence-corrected chi connectivity index (χ1v) is 8.01. The van der Waals surface area contributed by atoms with Crippen LogP contribution in [0.1, 0.15) is 26.2 Å². The van der Waals surface area contributed by atoms with E-state index in [9.17, 15) is 0 Å². The van der Waals surface area contributed by atoms with E-state index < -0.39 is 0 Å². The van der Waals surface area contributed by atoms with Crippen LogP contribution in [0.4, 0.5) is 5.95 Å². The molecule has 2 aromatic rings. The van der Waals surface area contributed by atoms with Crippen molar-refractivity contribution in [3.63, 3.8) is 0 Å². The lowest BCUT2D eigenvalue weighted by molar-refractivity contribution is 0.456. The highest BCUT2D eigenvalue weighted by Gasteiger charge is 2.32. The van der Waals surface area contributed by atoms with Crippen molar-refractivity contribution in [2.75, 3.05) is 18.0 Å². The molecule has 0 amide bonds. The van der Waals surface area contributed by atoms with E-state index in [0.29, 0.717) is 12.0 Å². The van der Waals surface area contributed by atoms with E-state index in [1.165, 1.54) is 19.3 Å². The van der Waals surface area contributed by atoms with Gasteiger partial charge in [-0.05, 0) is 60.3 Å². The molecule has 2 N–H and O–H groups in total. The number of nitrogens with two attached hydrogens (primary N) is 1. The van der Waals surface area contributed by atoms with Crippen molar-refractivity contribution in [3.05, 3.63) is 22.8 Å². The first kappa shape index (κ1) is 13.8. The Balaban J connectivity index is 1.97. The number of rotatable bonds is 4. The van der Waals surface area contributed by atoms with Gasteiger partial charge in [0, 0.05) is 18.8 Å². The van der Waals surface area contributed by atoms with Gasteiger partial charge in [0.15, 0.2) is 5.65 Å². The molecule has 2 atom stereocenters. The third-order valence-corrected chi connectivity index (χ3v) is 4.84. The summed E-state index contributed by atoms with van der Waals surface area (Å²) in [7, 11) is 0. The summed E-state index contributed by atoms with van der Waals surface area (Å²) in [4.78, 5) is 7.00. The quantitative estimate of drug-likeness (QED) is 0.930. The van der Waals surface area contributed by atoms with Crippen molar-refractivity contribution in [2.24, 2.45) is 11.7 Å². The summed E-state index contributed by atoms with van der Waals surface area (Å²) in [6.45, 7) is 3.82. The molecule has 3 rings (SSSR count). The molecule has 0 bridgehead atoms. The summed E-state index contributed by atoms with van der Waals surface area (Å²) < 4.78 is 2.80. The predicted molar refractivity (Wildman–Crippen MR) is 83.9 cm³/mol. The maximum absolute atomic E-state index is 5.91. The number of hydrogen-bond acceptors (Lipinski definition) is 4. The molecular formula is C14H20BrN5. The molecule has 108 valence electrons. The zero-order chi connectivity index (χ0) is 14.1. The number of nitrogens with zero attached hydrogens (tertiary/aromatic N) is 4.